The number of hydrogen-bond donors (Lipinski definition) is 3. The SMILES string of the molecule is [2H]C([2H])(CC(=O)O)c1ccc(O)c(O)c1. The van der Waals surface area contributed by atoms with Crippen molar-refractivity contribution in [2.24, 2.45) is 0 Å². The van der Waals surface area contributed by atoms with Gasteiger partial charge in [0, 0.05) is 9.16 Å². The van der Waals surface area contributed by atoms with E-state index in [2.05, 4.69) is 0 Å². The van der Waals surface area contributed by atoms with Crippen molar-refractivity contribution >= 4 is 5.97 Å². The largest absolute Gasteiger partial charge is 0.504 e. The molecule has 0 aliphatic rings. The molecule has 0 unspecified atom stereocenters. The van der Waals surface area contributed by atoms with E-state index in [1.54, 1.807) is 0 Å². The third-order valence-electron chi connectivity index (χ3n) is 1.42. The van der Waals surface area contributed by atoms with Gasteiger partial charge in [0.2, 0.25) is 0 Å². The van der Waals surface area contributed by atoms with Crippen LogP contribution in [0.4, 0.5) is 0 Å². The van der Waals surface area contributed by atoms with E-state index in [0.29, 0.717) is 0 Å². The second-order valence-electron chi connectivity index (χ2n) is 2.45. The van der Waals surface area contributed by atoms with Crippen LogP contribution in [-0.4, -0.2) is 21.3 Å². The van der Waals surface area contributed by atoms with Crippen molar-refractivity contribution in [1.29, 1.82) is 0 Å². The second kappa shape index (κ2) is 3.80. The molecular weight excluding hydrogens is 172 g/mol. The normalized spacial score (nSPS) is 13.2. The maximum Gasteiger partial charge on any atom is 0.303 e. The first-order valence-corrected chi connectivity index (χ1v) is 3.57. The van der Waals surface area contributed by atoms with Crippen LogP contribution in [0, 0.1) is 0 Å². The summed E-state index contributed by atoms with van der Waals surface area (Å²) in [5.41, 5.74) is 0.0141. The zero-order valence-corrected chi connectivity index (χ0v) is 6.69. The van der Waals surface area contributed by atoms with Gasteiger partial charge in [-0.2, -0.15) is 0 Å². The summed E-state index contributed by atoms with van der Waals surface area (Å²) < 4.78 is 14.9. The van der Waals surface area contributed by atoms with E-state index in [-0.39, 0.29) is 11.3 Å². The molecule has 0 aliphatic heterocycles. The molecule has 0 aliphatic carbocycles. The van der Waals surface area contributed by atoms with Crippen molar-refractivity contribution in [3.05, 3.63) is 23.8 Å². The molecule has 1 aromatic rings. The predicted molar refractivity (Wildman–Crippen MR) is 45.7 cm³/mol. The van der Waals surface area contributed by atoms with Gasteiger partial charge in [-0.05, 0) is 24.1 Å². The van der Waals surface area contributed by atoms with Crippen molar-refractivity contribution in [3.63, 3.8) is 0 Å². The van der Waals surface area contributed by atoms with Crippen LogP contribution in [0.15, 0.2) is 18.2 Å². The number of carbonyl (C=O) groups is 1. The maximum absolute atomic E-state index is 10.4. The minimum Gasteiger partial charge on any atom is -0.504 e. The van der Waals surface area contributed by atoms with E-state index >= 15 is 0 Å². The molecule has 0 saturated heterocycles. The van der Waals surface area contributed by atoms with E-state index in [1.165, 1.54) is 6.07 Å². The Labute approximate surface area is 77.9 Å². The number of phenolic OH excluding ortho intramolecular Hbond substituents is 2. The molecule has 0 saturated carbocycles. The molecule has 0 atom stereocenters. The highest BCUT2D eigenvalue weighted by atomic mass is 16.4. The predicted octanol–water partition coefficient (Wildman–Crippen LogP) is 1.11. The fraction of sp³-hybridized carbons (Fsp3) is 0.222. The van der Waals surface area contributed by atoms with Gasteiger partial charge in [0.25, 0.3) is 0 Å². The molecule has 0 bridgehead atoms. The van der Waals surface area contributed by atoms with Crippen LogP contribution >= 0.6 is 0 Å². The van der Waals surface area contributed by atoms with Gasteiger partial charge in [0.05, 0.1) is 0 Å². The van der Waals surface area contributed by atoms with Gasteiger partial charge in [-0.3, -0.25) is 4.79 Å². The summed E-state index contributed by atoms with van der Waals surface area (Å²) in [5, 5.41) is 26.6. The fourth-order valence-electron chi connectivity index (χ4n) is 0.811. The van der Waals surface area contributed by atoms with Gasteiger partial charge in [-0.1, -0.05) is 6.07 Å². The molecule has 3 N–H and O–H groups in total. The number of phenols is 2. The van der Waals surface area contributed by atoms with Gasteiger partial charge in [0.15, 0.2) is 11.5 Å². The Hall–Kier alpha value is -1.71. The van der Waals surface area contributed by atoms with E-state index in [4.69, 9.17) is 18.1 Å². The van der Waals surface area contributed by atoms with Crippen LogP contribution in [0.25, 0.3) is 0 Å². The third kappa shape index (κ3) is 2.66. The van der Waals surface area contributed by atoms with Crippen LogP contribution in [0.1, 0.15) is 14.7 Å². The third-order valence-corrected chi connectivity index (χ3v) is 1.42. The lowest BCUT2D eigenvalue weighted by Gasteiger charge is -2.01. The van der Waals surface area contributed by atoms with Crippen LogP contribution in [0.5, 0.6) is 11.5 Å². The highest BCUT2D eigenvalue weighted by Crippen LogP contribution is 2.25. The van der Waals surface area contributed by atoms with Gasteiger partial charge in [-0.15, -0.1) is 0 Å². The average molecular weight is 184 g/mol. The molecule has 13 heavy (non-hydrogen) atoms. The van der Waals surface area contributed by atoms with Crippen molar-refractivity contribution in [1.82, 2.24) is 0 Å². The minimum absolute atomic E-state index is 0.0141. The zero-order valence-electron chi connectivity index (χ0n) is 8.69. The first-order chi connectivity index (χ1) is 6.83. The number of hydrogen-bond acceptors (Lipinski definition) is 3. The highest BCUT2D eigenvalue weighted by Gasteiger charge is 2.02. The van der Waals surface area contributed by atoms with E-state index in [1.807, 2.05) is 0 Å². The van der Waals surface area contributed by atoms with Gasteiger partial charge in [-0.25, -0.2) is 0 Å². The average Bonchev–Trinajstić information content (AvgIpc) is 2.07. The van der Waals surface area contributed by atoms with Gasteiger partial charge in [0.1, 0.15) is 0 Å². The molecule has 1 rings (SSSR count). The number of aliphatic carboxylic acids is 1. The molecule has 0 spiro atoms. The lowest BCUT2D eigenvalue weighted by Crippen LogP contribution is -1.96. The molecule has 0 fully saturated rings. The number of aromatic hydroxyl groups is 2. The smallest absolute Gasteiger partial charge is 0.303 e. The lowest BCUT2D eigenvalue weighted by molar-refractivity contribution is -0.136. The van der Waals surface area contributed by atoms with Crippen LogP contribution in [0.2, 0.25) is 0 Å². The molecule has 4 nitrogen and oxygen atoms in total. The van der Waals surface area contributed by atoms with Crippen LogP contribution < -0.4 is 0 Å². The van der Waals surface area contributed by atoms with Gasteiger partial charge >= 0.3 is 5.97 Å². The monoisotopic (exact) mass is 184 g/mol. The number of carboxylic acid groups (broad SMARTS) is 1. The van der Waals surface area contributed by atoms with Crippen molar-refractivity contribution in [2.75, 3.05) is 0 Å². The van der Waals surface area contributed by atoms with Crippen LogP contribution in [-0.2, 0) is 11.2 Å². The molecule has 0 heterocycles. The van der Waals surface area contributed by atoms with Gasteiger partial charge < -0.3 is 15.3 Å². The molecular formula is C9H10O4. The van der Waals surface area contributed by atoms with Crippen LogP contribution in [0.3, 0.4) is 0 Å². The molecule has 70 valence electrons. The van der Waals surface area contributed by atoms with Crippen molar-refractivity contribution in [2.45, 2.75) is 12.8 Å². The minimum atomic E-state index is -2.07. The lowest BCUT2D eigenvalue weighted by atomic mass is 10.1. The Balaban J connectivity index is 3.04. The van der Waals surface area contributed by atoms with E-state index in [0.717, 1.165) is 12.1 Å². The summed E-state index contributed by atoms with van der Waals surface area (Å²) in [6, 6.07) is 3.36. The number of aryl methyl sites for hydroxylation is 1. The molecule has 0 amide bonds. The quantitative estimate of drug-likeness (QED) is 0.615. The molecule has 0 radical (unpaired) electrons. The molecule has 0 aromatic heterocycles. The summed E-state index contributed by atoms with van der Waals surface area (Å²) in [4.78, 5) is 10.4. The molecule has 1 aromatic carbocycles. The fourth-order valence-corrected chi connectivity index (χ4v) is 0.811. The van der Waals surface area contributed by atoms with Crippen molar-refractivity contribution in [3.8, 4) is 11.5 Å². The number of benzene rings is 1. The topological polar surface area (TPSA) is 77.8 Å². The molecule has 4 heteroatoms. The first kappa shape index (κ1) is 6.77. The summed E-state index contributed by atoms with van der Waals surface area (Å²) in [6.45, 7) is 0. The Kier molecular flexibility index (Phi) is 1.98. The summed E-state index contributed by atoms with van der Waals surface area (Å²) in [7, 11) is 0. The Morgan fingerprint density at radius 3 is 2.62 bits per heavy atom. The maximum atomic E-state index is 10.4. The Morgan fingerprint density at radius 2 is 2.08 bits per heavy atom. The summed E-state index contributed by atoms with van der Waals surface area (Å²) in [6.07, 6.45) is -2.77. The Bertz CT molecular complexity index is 390. The van der Waals surface area contributed by atoms with E-state index < -0.39 is 24.5 Å². The standard InChI is InChI=1S/C9H10O4/c10-7-3-1-6(5-8(7)11)2-4-9(12)13/h1,3,5,10-11H,2,4H2,(H,12,13)/i2D2. The van der Waals surface area contributed by atoms with E-state index in [9.17, 15) is 4.79 Å². The summed E-state index contributed by atoms with van der Waals surface area (Å²) in [5.74, 6) is -2.11. The Morgan fingerprint density at radius 1 is 1.38 bits per heavy atom. The number of carboxylic acids is 1. The van der Waals surface area contributed by atoms with Crippen molar-refractivity contribution < 1.29 is 22.9 Å². The first-order valence-electron chi connectivity index (χ1n) is 4.57. The summed E-state index contributed by atoms with van der Waals surface area (Å²) >= 11 is 0. The highest BCUT2D eigenvalue weighted by molar-refractivity contribution is 5.67. The second-order valence-corrected chi connectivity index (χ2v) is 2.45. The zero-order chi connectivity index (χ0) is 11.6. The number of rotatable bonds is 3.